The molecule has 0 spiro atoms. The molecular weight excluding hydrogens is 492 g/mol. The highest BCUT2D eigenvalue weighted by molar-refractivity contribution is 6.46. The standard InChI is InChI=1S/C32H28N2O5/c1-2-38-27-10-6-9-25(19-27)30(35)28-29(34(32(37)31(28)36)20-22-15-17-33-18-16-22)24-11-13-26(14-12-24)39-21-23-7-4-3-5-8-23/h3-19,29,35H,2,20-21H2,1H3. The lowest BCUT2D eigenvalue weighted by Gasteiger charge is -2.25. The van der Waals surface area contributed by atoms with Crippen molar-refractivity contribution in [2.24, 2.45) is 0 Å². The maximum absolute atomic E-state index is 13.4. The smallest absolute Gasteiger partial charge is 0.295 e. The van der Waals surface area contributed by atoms with E-state index in [1.165, 1.54) is 4.90 Å². The largest absolute Gasteiger partial charge is 0.507 e. The quantitative estimate of drug-likeness (QED) is 0.174. The summed E-state index contributed by atoms with van der Waals surface area (Å²) in [6, 6.07) is 26.7. The molecule has 2 heterocycles. The van der Waals surface area contributed by atoms with E-state index >= 15 is 0 Å². The molecular formula is C32H28N2O5. The van der Waals surface area contributed by atoms with Gasteiger partial charge >= 0.3 is 0 Å². The average Bonchev–Trinajstić information content (AvgIpc) is 3.22. The molecule has 7 heteroatoms. The van der Waals surface area contributed by atoms with Crippen molar-refractivity contribution < 1.29 is 24.2 Å². The average molecular weight is 521 g/mol. The lowest BCUT2D eigenvalue weighted by Crippen LogP contribution is -2.29. The number of ether oxygens (including phenoxy) is 2. The number of Topliss-reactive ketones (excluding diaryl/α,β-unsaturated/α-hetero) is 1. The zero-order valence-corrected chi connectivity index (χ0v) is 21.5. The number of aliphatic hydroxyl groups is 1. The number of aliphatic hydroxyl groups excluding tert-OH is 1. The topological polar surface area (TPSA) is 89.0 Å². The summed E-state index contributed by atoms with van der Waals surface area (Å²) in [6.07, 6.45) is 3.28. The summed E-state index contributed by atoms with van der Waals surface area (Å²) in [7, 11) is 0. The van der Waals surface area contributed by atoms with Gasteiger partial charge in [0.05, 0.1) is 18.2 Å². The Morgan fingerprint density at radius 3 is 2.31 bits per heavy atom. The van der Waals surface area contributed by atoms with Gasteiger partial charge in [-0.15, -0.1) is 0 Å². The summed E-state index contributed by atoms with van der Waals surface area (Å²) in [5, 5.41) is 11.4. The molecule has 39 heavy (non-hydrogen) atoms. The predicted molar refractivity (Wildman–Crippen MR) is 147 cm³/mol. The number of rotatable bonds is 9. The van der Waals surface area contributed by atoms with E-state index in [1.807, 2.05) is 49.4 Å². The molecule has 1 saturated heterocycles. The number of pyridine rings is 1. The van der Waals surface area contributed by atoms with Crippen molar-refractivity contribution in [3.8, 4) is 11.5 Å². The van der Waals surface area contributed by atoms with E-state index in [0.29, 0.717) is 35.8 Å². The zero-order chi connectivity index (χ0) is 27.2. The Hall–Kier alpha value is -4.91. The second kappa shape index (κ2) is 11.6. The Kier molecular flexibility index (Phi) is 7.68. The molecule has 1 fully saturated rings. The van der Waals surface area contributed by atoms with Crippen LogP contribution in [-0.2, 0) is 22.7 Å². The fraction of sp³-hybridized carbons (Fsp3) is 0.156. The molecule has 7 nitrogen and oxygen atoms in total. The highest BCUT2D eigenvalue weighted by Gasteiger charge is 2.46. The van der Waals surface area contributed by atoms with Crippen molar-refractivity contribution in [3.63, 3.8) is 0 Å². The molecule has 3 aromatic carbocycles. The molecule has 1 aromatic heterocycles. The molecule has 4 aromatic rings. The lowest BCUT2D eigenvalue weighted by molar-refractivity contribution is -0.140. The van der Waals surface area contributed by atoms with Crippen LogP contribution in [0.15, 0.2) is 109 Å². The molecule has 0 radical (unpaired) electrons. The molecule has 1 unspecified atom stereocenters. The first-order valence-electron chi connectivity index (χ1n) is 12.7. The van der Waals surface area contributed by atoms with E-state index < -0.39 is 17.7 Å². The van der Waals surface area contributed by atoms with Crippen LogP contribution in [0.1, 0.15) is 35.2 Å². The SMILES string of the molecule is CCOc1cccc(C(O)=C2C(=O)C(=O)N(Cc3ccncc3)C2c2ccc(OCc3ccccc3)cc2)c1. The molecule has 0 bridgehead atoms. The van der Waals surface area contributed by atoms with Gasteiger partial charge in [0.25, 0.3) is 11.7 Å². The Labute approximate surface area is 227 Å². The van der Waals surface area contributed by atoms with E-state index in [-0.39, 0.29) is 17.9 Å². The minimum absolute atomic E-state index is 0.0284. The molecule has 0 saturated carbocycles. The van der Waals surface area contributed by atoms with Crippen LogP contribution in [-0.4, -0.2) is 33.3 Å². The van der Waals surface area contributed by atoms with Crippen molar-refractivity contribution in [2.45, 2.75) is 26.1 Å². The Bertz CT molecular complexity index is 1480. The van der Waals surface area contributed by atoms with Crippen LogP contribution in [0, 0.1) is 0 Å². The molecule has 1 aliphatic rings. The van der Waals surface area contributed by atoms with Crippen LogP contribution in [0.2, 0.25) is 0 Å². The monoisotopic (exact) mass is 520 g/mol. The third-order valence-electron chi connectivity index (χ3n) is 6.50. The van der Waals surface area contributed by atoms with E-state index in [1.54, 1.807) is 60.9 Å². The number of hydrogen-bond acceptors (Lipinski definition) is 6. The fourth-order valence-electron chi connectivity index (χ4n) is 4.62. The first-order chi connectivity index (χ1) is 19.0. The van der Waals surface area contributed by atoms with Crippen molar-refractivity contribution >= 4 is 17.4 Å². The van der Waals surface area contributed by atoms with E-state index in [9.17, 15) is 14.7 Å². The first kappa shape index (κ1) is 25.7. The van der Waals surface area contributed by atoms with Crippen LogP contribution in [0.4, 0.5) is 0 Å². The highest BCUT2D eigenvalue weighted by Crippen LogP contribution is 2.41. The normalized spacial score (nSPS) is 16.3. The van der Waals surface area contributed by atoms with Crippen LogP contribution < -0.4 is 9.47 Å². The Morgan fingerprint density at radius 1 is 0.846 bits per heavy atom. The lowest BCUT2D eigenvalue weighted by atomic mass is 9.95. The van der Waals surface area contributed by atoms with Gasteiger partial charge in [-0.3, -0.25) is 14.6 Å². The summed E-state index contributed by atoms with van der Waals surface area (Å²) in [5.74, 6) is -0.454. The van der Waals surface area contributed by atoms with Crippen LogP contribution in [0.25, 0.3) is 5.76 Å². The van der Waals surface area contributed by atoms with Gasteiger partial charge in [-0.25, -0.2) is 0 Å². The second-order valence-corrected chi connectivity index (χ2v) is 9.09. The van der Waals surface area contributed by atoms with Crippen LogP contribution in [0.3, 0.4) is 0 Å². The van der Waals surface area contributed by atoms with Gasteiger partial charge in [0, 0.05) is 24.5 Å². The van der Waals surface area contributed by atoms with Crippen molar-refractivity contribution in [3.05, 3.63) is 131 Å². The number of aromatic nitrogens is 1. The van der Waals surface area contributed by atoms with Gasteiger partial charge in [0.15, 0.2) is 0 Å². The maximum Gasteiger partial charge on any atom is 0.295 e. The fourth-order valence-corrected chi connectivity index (χ4v) is 4.62. The number of carbonyl (C=O) groups excluding carboxylic acids is 2. The van der Waals surface area contributed by atoms with Gasteiger partial charge in [0.1, 0.15) is 23.9 Å². The van der Waals surface area contributed by atoms with Gasteiger partial charge in [-0.2, -0.15) is 0 Å². The Morgan fingerprint density at radius 2 is 1.59 bits per heavy atom. The minimum atomic E-state index is -0.794. The van der Waals surface area contributed by atoms with Crippen LogP contribution in [0.5, 0.6) is 11.5 Å². The zero-order valence-electron chi connectivity index (χ0n) is 21.5. The number of benzene rings is 3. The number of ketones is 1. The number of hydrogen-bond donors (Lipinski definition) is 1. The number of carbonyl (C=O) groups is 2. The first-order valence-corrected chi connectivity index (χ1v) is 12.7. The highest BCUT2D eigenvalue weighted by atomic mass is 16.5. The predicted octanol–water partition coefficient (Wildman–Crippen LogP) is 5.68. The molecule has 1 N–H and O–H groups in total. The van der Waals surface area contributed by atoms with Gasteiger partial charge in [-0.1, -0.05) is 54.6 Å². The number of nitrogens with zero attached hydrogens (tertiary/aromatic N) is 2. The Balaban J connectivity index is 1.52. The molecule has 5 rings (SSSR count). The van der Waals surface area contributed by atoms with Crippen molar-refractivity contribution in [1.82, 2.24) is 9.88 Å². The maximum atomic E-state index is 13.4. The number of amides is 1. The van der Waals surface area contributed by atoms with E-state index in [0.717, 1.165) is 11.1 Å². The summed E-state index contributed by atoms with van der Waals surface area (Å²) in [6.45, 7) is 2.92. The molecule has 1 aliphatic heterocycles. The summed E-state index contributed by atoms with van der Waals surface area (Å²) in [4.78, 5) is 32.2. The molecule has 196 valence electrons. The summed E-state index contributed by atoms with van der Waals surface area (Å²) >= 11 is 0. The van der Waals surface area contributed by atoms with E-state index in [4.69, 9.17) is 9.47 Å². The second-order valence-electron chi connectivity index (χ2n) is 9.09. The van der Waals surface area contributed by atoms with Crippen molar-refractivity contribution in [2.75, 3.05) is 6.61 Å². The van der Waals surface area contributed by atoms with Gasteiger partial charge < -0.3 is 19.5 Å². The molecule has 0 aliphatic carbocycles. The third kappa shape index (κ3) is 5.67. The van der Waals surface area contributed by atoms with Gasteiger partial charge in [-0.05, 0) is 60.0 Å². The number of likely N-dealkylation sites (tertiary alicyclic amines) is 1. The van der Waals surface area contributed by atoms with Gasteiger partial charge in [0.2, 0.25) is 0 Å². The third-order valence-corrected chi connectivity index (χ3v) is 6.50. The molecule has 1 atom stereocenters. The minimum Gasteiger partial charge on any atom is -0.507 e. The van der Waals surface area contributed by atoms with E-state index in [2.05, 4.69) is 4.98 Å². The summed E-state index contributed by atoms with van der Waals surface area (Å²) < 4.78 is 11.5. The van der Waals surface area contributed by atoms with Crippen LogP contribution >= 0.6 is 0 Å². The molecule has 1 amide bonds. The van der Waals surface area contributed by atoms with Crippen molar-refractivity contribution in [1.29, 1.82) is 0 Å². The summed E-state index contributed by atoms with van der Waals surface area (Å²) in [5.41, 5.74) is 2.97.